The van der Waals surface area contributed by atoms with Gasteiger partial charge in [0, 0.05) is 0 Å². The molecule has 9 heteroatoms. The van der Waals surface area contributed by atoms with E-state index in [0.717, 1.165) is 16.2 Å². The second-order valence-electron chi connectivity index (χ2n) is 4.66. The van der Waals surface area contributed by atoms with Crippen molar-refractivity contribution < 1.29 is 4.79 Å². The lowest BCUT2D eigenvalue weighted by Gasteiger charge is -2.00. The minimum atomic E-state index is -0.0876. The predicted molar refractivity (Wildman–Crippen MR) is 87.7 cm³/mol. The summed E-state index contributed by atoms with van der Waals surface area (Å²) in [6, 6.07) is 6.01. The van der Waals surface area contributed by atoms with Crippen molar-refractivity contribution in [3.63, 3.8) is 0 Å². The number of hydrogen-bond acceptors (Lipinski definition) is 7. The molecule has 0 spiro atoms. The molecule has 0 saturated carbocycles. The third-order valence-electron chi connectivity index (χ3n) is 2.87. The first kappa shape index (κ1) is 14.8. The Hall–Kier alpha value is -2.13. The van der Waals surface area contributed by atoms with E-state index in [-0.39, 0.29) is 11.7 Å². The van der Waals surface area contributed by atoms with Crippen LogP contribution >= 0.6 is 23.1 Å². The molecule has 1 amide bonds. The summed E-state index contributed by atoms with van der Waals surface area (Å²) < 4.78 is 0. The molecule has 2 aromatic heterocycles. The number of H-pyrrole nitrogens is 1. The summed E-state index contributed by atoms with van der Waals surface area (Å²) in [5.74, 6) is 0.197. The summed E-state index contributed by atoms with van der Waals surface area (Å²) in [4.78, 5) is 19.5. The first-order chi connectivity index (χ1) is 10.6. The molecule has 0 aliphatic heterocycles. The number of fused-ring (bicyclic) bond motifs is 1. The molecule has 4 N–H and O–H groups in total. The monoisotopic (exact) mass is 334 g/mol. The molecule has 0 aliphatic rings. The van der Waals surface area contributed by atoms with Gasteiger partial charge in [0.1, 0.15) is 5.01 Å². The van der Waals surface area contributed by atoms with Gasteiger partial charge in [-0.2, -0.15) is 0 Å². The minimum absolute atomic E-state index is 0.0876. The van der Waals surface area contributed by atoms with E-state index in [4.69, 9.17) is 5.73 Å². The molecule has 0 unspecified atom stereocenters. The number of anilines is 1. The normalized spacial score (nSPS) is 11.0. The van der Waals surface area contributed by atoms with Crippen molar-refractivity contribution in [3.8, 4) is 0 Å². The Morgan fingerprint density at radius 2 is 2.32 bits per heavy atom. The van der Waals surface area contributed by atoms with Gasteiger partial charge < -0.3 is 16.0 Å². The van der Waals surface area contributed by atoms with E-state index in [2.05, 4.69) is 25.5 Å². The van der Waals surface area contributed by atoms with E-state index in [0.29, 0.717) is 16.7 Å². The van der Waals surface area contributed by atoms with E-state index in [9.17, 15) is 4.79 Å². The Morgan fingerprint density at radius 3 is 3.09 bits per heavy atom. The van der Waals surface area contributed by atoms with Crippen LogP contribution in [0.25, 0.3) is 11.0 Å². The van der Waals surface area contributed by atoms with E-state index in [1.165, 1.54) is 28.7 Å². The number of carbonyl (C=O) groups is 1. The summed E-state index contributed by atoms with van der Waals surface area (Å²) in [6.07, 6.45) is 0. The van der Waals surface area contributed by atoms with Crippen LogP contribution in [0.3, 0.4) is 0 Å². The Morgan fingerprint density at radius 1 is 1.45 bits per heavy atom. The molecule has 7 nitrogen and oxygen atoms in total. The number of aryl methyl sites for hydroxylation is 1. The number of imidazole rings is 1. The zero-order valence-corrected chi connectivity index (χ0v) is 13.4. The molecule has 0 atom stereocenters. The molecule has 3 aromatic rings. The number of aromatic nitrogens is 4. The van der Waals surface area contributed by atoms with Gasteiger partial charge in [-0.15, -0.1) is 10.2 Å². The predicted octanol–water partition coefficient (Wildman–Crippen LogP) is 1.71. The third kappa shape index (κ3) is 3.55. The summed E-state index contributed by atoms with van der Waals surface area (Å²) in [7, 11) is 0. The van der Waals surface area contributed by atoms with Crippen LogP contribution in [-0.2, 0) is 11.3 Å². The van der Waals surface area contributed by atoms with Gasteiger partial charge in [-0.3, -0.25) is 4.79 Å². The van der Waals surface area contributed by atoms with Gasteiger partial charge in [0.2, 0.25) is 11.0 Å². The first-order valence-corrected chi connectivity index (χ1v) is 8.34. The minimum Gasteiger partial charge on any atom is -0.374 e. The molecule has 114 valence electrons. The largest absolute Gasteiger partial charge is 0.374 e. The van der Waals surface area contributed by atoms with Crippen molar-refractivity contribution in [2.45, 2.75) is 18.6 Å². The number of amides is 1. The Labute approximate surface area is 134 Å². The summed E-state index contributed by atoms with van der Waals surface area (Å²) >= 11 is 2.63. The molecule has 0 bridgehead atoms. The van der Waals surface area contributed by atoms with Gasteiger partial charge in [-0.1, -0.05) is 29.2 Å². The van der Waals surface area contributed by atoms with Crippen molar-refractivity contribution in [1.29, 1.82) is 0 Å². The lowest BCUT2D eigenvalue weighted by atomic mass is 10.2. The fourth-order valence-corrected chi connectivity index (χ4v) is 3.13. The van der Waals surface area contributed by atoms with Gasteiger partial charge >= 0.3 is 0 Å². The van der Waals surface area contributed by atoms with Crippen LogP contribution < -0.4 is 11.1 Å². The number of nitrogens with one attached hydrogen (secondary N) is 2. The lowest BCUT2D eigenvalue weighted by Crippen LogP contribution is -2.24. The number of aromatic amines is 1. The molecule has 3 rings (SSSR count). The molecule has 2 heterocycles. The highest BCUT2D eigenvalue weighted by Gasteiger charge is 2.08. The van der Waals surface area contributed by atoms with Crippen LogP contribution in [-0.4, -0.2) is 31.8 Å². The fourth-order valence-electron chi connectivity index (χ4n) is 1.87. The van der Waals surface area contributed by atoms with Crippen LogP contribution in [0.2, 0.25) is 0 Å². The maximum Gasteiger partial charge on any atom is 0.230 e. The molecule has 0 saturated heterocycles. The van der Waals surface area contributed by atoms with Gasteiger partial charge in [-0.25, -0.2) is 4.98 Å². The van der Waals surface area contributed by atoms with Crippen molar-refractivity contribution in [1.82, 2.24) is 25.5 Å². The number of carbonyl (C=O) groups excluding carboxylic acids is 1. The van der Waals surface area contributed by atoms with Gasteiger partial charge in [0.05, 0.1) is 23.3 Å². The number of nitrogen functional groups attached to an aromatic ring is 1. The van der Waals surface area contributed by atoms with E-state index >= 15 is 0 Å². The van der Waals surface area contributed by atoms with Crippen molar-refractivity contribution in [3.05, 3.63) is 28.8 Å². The molecular formula is C13H14N6OS2. The van der Waals surface area contributed by atoms with E-state index in [1.807, 2.05) is 25.1 Å². The molecule has 0 radical (unpaired) electrons. The molecule has 1 aromatic carbocycles. The van der Waals surface area contributed by atoms with E-state index in [1.54, 1.807) is 0 Å². The number of thioether (sulfide) groups is 1. The quantitative estimate of drug-likeness (QED) is 0.613. The number of hydrogen-bond donors (Lipinski definition) is 3. The Balaban J connectivity index is 1.53. The van der Waals surface area contributed by atoms with Crippen LogP contribution in [0.1, 0.15) is 10.6 Å². The number of rotatable bonds is 5. The fraction of sp³-hybridized carbons (Fsp3) is 0.231. The van der Waals surface area contributed by atoms with Crippen LogP contribution in [0.5, 0.6) is 0 Å². The second kappa shape index (κ2) is 6.32. The van der Waals surface area contributed by atoms with Gasteiger partial charge in [0.25, 0.3) is 0 Å². The zero-order chi connectivity index (χ0) is 15.5. The first-order valence-electron chi connectivity index (χ1n) is 6.54. The molecule has 0 fully saturated rings. The highest BCUT2D eigenvalue weighted by Crippen LogP contribution is 2.20. The summed E-state index contributed by atoms with van der Waals surface area (Å²) in [5.41, 5.74) is 8.53. The molecule has 0 aliphatic carbocycles. The van der Waals surface area contributed by atoms with Crippen molar-refractivity contribution >= 4 is 45.2 Å². The number of nitrogens with two attached hydrogens (primary N) is 1. The highest BCUT2D eigenvalue weighted by molar-refractivity contribution is 7.99. The van der Waals surface area contributed by atoms with Gasteiger partial charge in [-0.05, 0) is 24.6 Å². The standard InChI is InChI=1S/C13H14N6OS2/c1-7-2-3-8-9(4-7)17-13(16-8)21-6-10(20)15-5-11-18-19-12(14)22-11/h2-4H,5-6H2,1H3,(H2,14,19)(H,15,20)(H,16,17). The Bertz CT molecular complexity index is 812. The lowest BCUT2D eigenvalue weighted by molar-refractivity contribution is -0.118. The molecular weight excluding hydrogens is 320 g/mol. The third-order valence-corrected chi connectivity index (χ3v) is 4.50. The summed E-state index contributed by atoms with van der Waals surface area (Å²) in [5, 5.41) is 12.1. The average molecular weight is 334 g/mol. The Kier molecular flexibility index (Phi) is 4.25. The number of benzene rings is 1. The zero-order valence-electron chi connectivity index (χ0n) is 11.8. The van der Waals surface area contributed by atoms with Crippen LogP contribution in [0.4, 0.5) is 5.13 Å². The maximum atomic E-state index is 11.8. The number of nitrogens with zero attached hydrogens (tertiary/aromatic N) is 3. The second-order valence-corrected chi connectivity index (χ2v) is 6.72. The maximum absolute atomic E-state index is 11.8. The van der Waals surface area contributed by atoms with Crippen LogP contribution in [0, 0.1) is 6.92 Å². The topological polar surface area (TPSA) is 110 Å². The highest BCUT2D eigenvalue weighted by atomic mass is 32.2. The van der Waals surface area contributed by atoms with Gasteiger partial charge in [0.15, 0.2) is 5.16 Å². The smallest absolute Gasteiger partial charge is 0.230 e. The van der Waals surface area contributed by atoms with Crippen LogP contribution in [0.15, 0.2) is 23.4 Å². The molecule has 22 heavy (non-hydrogen) atoms. The van der Waals surface area contributed by atoms with Crippen molar-refractivity contribution in [2.75, 3.05) is 11.5 Å². The SMILES string of the molecule is Cc1ccc2nc(SCC(=O)NCc3nnc(N)s3)[nH]c2c1. The summed E-state index contributed by atoms with van der Waals surface area (Å²) in [6.45, 7) is 2.37. The van der Waals surface area contributed by atoms with E-state index < -0.39 is 0 Å². The average Bonchev–Trinajstić information content (AvgIpc) is 3.08. The van der Waals surface area contributed by atoms with Crippen molar-refractivity contribution in [2.24, 2.45) is 0 Å².